The number of nitrogens with zero attached hydrogens (tertiary/aromatic N) is 3. The lowest BCUT2D eigenvalue weighted by Gasteiger charge is -2.28. The third-order valence-corrected chi connectivity index (χ3v) is 6.26. The molecule has 0 fully saturated rings. The molecule has 2 amide bonds. The van der Waals surface area contributed by atoms with Crippen LogP contribution in [0.1, 0.15) is 31.1 Å². The molecule has 188 valence electrons. The van der Waals surface area contributed by atoms with E-state index in [9.17, 15) is 18.0 Å². The van der Waals surface area contributed by atoms with Crippen molar-refractivity contribution in [2.24, 2.45) is 5.14 Å². The zero-order chi connectivity index (χ0) is 25.9. The van der Waals surface area contributed by atoms with Gasteiger partial charge in [-0.1, -0.05) is 17.3 Å². The first-order valence-electron chi connectivity index (χ1n) is 10.9. The highest BCUT2D eigenvalue weighted by molar-refractivity contribution is 7.89. The summed E-state index contributed by atoms with van der Waals surface area (Å²) in [7, 11) is -3.78. The van der Waals surface area contributed by atoms with Crippen molar-refractivity contribution in [3.05, 3.63) is 77.3 Å². The number of rotatable bonds is 8. The van der Waals surface area contributed by atoms with Crippen LogP contribution in [0.2, 0.25) is 0 Å². The number of sulfonamides is 1. The number of carbonyl (C=O) groups is 2. The van der Waals surface area contributed by atoms with Crippen LogP contribution in [0.15, 0.2) is 70.9 Å². The van der Waals surface area contributed by atoms with Gasteiger partial charge in [0.05, 0.1) is 35.0 Å². The van der Waals surface area contributed by atoms with Gasteiger partial charge in [-0.25, -0.2) is 27.8 Å². The quantitative estimate of drug-likeness (QED) is 0.383. The molecule has 0 saturated carbocycles. The molecule has 1 aromatic heterocycles. The molecule has 13 heteroatoms. The third-order valence-electron chi connectivity index (χ3n) is 5.34. The number of amides is 2. The van der Waals surface area contributed by atoms with Gasteiger partial charge in [-0.2, -0.15) is 0 Å². The van der Waals surface area contributed by atoms with Crippen LogP contribution in [0.25, 0.3) is 5.69 Å². The number of primary sulfonamides is 1. The number of hydrogen-bond donors (Lipinski definition) is 3. The maximum Gasteiger partial charge on any atom is 0.338 e. The van der Waals surface area contributed by atoms with E-state index in [-0.39, 0.29) is 18.1 Å². The van der Waals surface area contributed by atoms with E-state index in [4.69, 9.17) is 14.6 Å². The zero-order valence-corrected chi connectivity index (χ0v) is 20.3. The molecule has 0 radical (unpaired) electrons. The van der Waals surface area contributed by atoms with Crippen LogP contribution >= 0.6 is 0 Å². The minimum Gasteiger partial charge on any atom is -0.487 e. The summed E-state index contributed by atoms with van der Waals surface area (Å²) in [5, 5.41) is 18.6. The number of esters is 1. The molecule has 2 heterocycles. The van der Waals surface area contributed by atoms with Crippen LogP contribution in [0, 0.1) is 0 Å². The Kier molecular flexibility index (Phi) is 7.03. The number of allylic oxidation sites excluding steroid dienone is 1. The molecule has 36 heavy (non-hydrogen) atoms. The maximum absolute atomic E-state index is 12.4. The lowest BCUT2D eigenvalue weighted by Crippen LogP contribution is -2.45. The topological polar surface area (TPSA) is 168 Å². The second-order valence-corrected chi connectivity index (χ2v) is 9.40. The monoisotopic (exact) mass is 512 g/mol. The first kappa shape index (κ1) is 24.9. The Labute approximate surface area is 207 Å². The summed E-state index contributed by atoms with van der Waals surface area (Å²) in [5.74, 6) is 0.0413. The predicted octanol–water partition coefficient (Wildman–Crippen LogP) is 1.68. The van der Waals surface area contributed by atoms with Crippen LogP contribution in [0.3, 0.4) is 0 Å². The number of aromatic nitrogens is 3. The third kappa shape index (κ3) is 5.53. The van der Waals surface area contributed by atoms with Crippen molar-refractivity contribution in [2.45, 2.75) is 31.4 Å². The highest BCUT2D eigenvalue weighted by atomic mass is 32.2. The van der Waals surface area contributed by atoms with Gasteiger partial charge in [0.25, 0.3) is 0 Å². The molecule has 1 unspecified atom stereocenters. The Morgan fingerprint density at radius 2 is 1.83 bits per heavy atom. The average Bonchev–Trinajstić information content (AvgIpc) is 3.31. The second-order valence-electron chi connectivity index (χ2n) is 7.84. The fourth-order valence-electron chi connectivity index (χ4n) is 3.62. The van der Waals surface area contributed by atoms with Crippen molar-refractivity contribution in [1.29, 1.82) is 0 Å². The zero-order valence-electron chi connectivity index (χ0n) is 19.5. The number of urea groups is 1. The van der Waals surface area contributed by atoms with Gasteiger partial charge in [-0.05, 0) is 55.8 Å². The van der Waals surface area contributed by atoms with Crippen molar-refractivity contribution in [1.82, 2.24) is 25.6 Å². The summed E-state index contributed by atoms with van der Waals surface area (Å²) in [5.41, 5.74) is 2.61. The van der Waals surface area contributed by atoms with Gasteiger partial charge >= 0.3 is 12.0 Å². The van der Waals surface area contributed by atoms with Crippen molar-refractivity contribution < 1.29 is 27.5 Å². The number of carbonyl (C=O) groups excluding carboxylic acids is 2. The van der Waals surface area contributed by atoms with E-state index in [1.807, 2.05) is 0 Å². The molecule has 4 rings (SSSR count). The maximum atomic E-state index is 12.4. The molecule has 12 nitrogen and oxygen atoms in total. The fourth-order valence-corrected chi connectivity index (χ4v) is 4.13. The first-order chi connectivity index (χ1) is 17.2. The van der Waals surface area contributed by atoms with Gasteiger partial charge in [0.2, 0.25) is 10.0 Å². The van der Waals surface area contributed by atoms with E-state index in [1.165, 1.54) is 16.8 Å². The molecule has 0 bridgehead atoms. The minimum atomic E-state index is -3.78. The number of benzene rings is 2. The van der Waals surface area contributed by atoms with E-state index in [1.54, 1.807) is 56.4 Å². The van der Waals surface area contributed by atoms with E-state index < -0.39 is 28.1 Å². The molecule has 1 aliphatic rings. The van der Waals surface area contributed by atoms with Crippen molar-refractivity contribution in [3.8, 4) is 11.4 Å². The predicted molar refractivity (Wildman–Crippen MR) is 127 cm³/mol. The minimum absolute atomic E-state index is 0.00227. The molecule has 3 aromatic rings. The van der Waals surface area contributed by atoms with Gasteiger partial charge in [0.1, 0.15) is 18.1 Å². The van der Waals surface area contributed by atoms with Gasteiger partial charge in [0.15, 0.2) is 0 Å². The lowest BCUT2D eigenvalue weighted by molar-refractivity contribution is -0.139. The standard InChI is InChI=1S/C23H24N6O6S/c1-3-34-22(30)20-14(2)25-23(31)26-21(20)15-4-8-18(9-5-15)35-13-16-12-29(28-27-16)17-6-10-19(11-7-17)36(24,32)33/h4-12,21H,3,13H2,1-2H3,(H2,24,32,33)(H2,25,26,31). The molecule has 1 aliphatic heterocycles. The summed E-state index contributed by atoms with van der Waals surface area (Å²) in [6.07, 6.45) is 1.66. The number of ether oxygens (including phenoxy) is 2. The van der Waals surface area contributed by atoms with Crippen LogP contribution in [-0.2, 0) is 26.2 Å². The van der Waals surface area contributed by atoms with Gasteiger partial charge in [0, 0.05) is 5.70 Å². The normalized spacial score (nSPS) is 15.8. The summed E-state index contributed by atoms with van der Waals surface area (Å²) < 4.78 is 35.2. The molecular weight excluding hydrogens is 488 g/mol. The number of nitrogens with two attached hydrogens (primary N) is 1. The summed E-state index contributed by atoms with van der Waals surface area (Å²) in [4.78, 5) is 24.4. The Balaban J connectivity index is 1.43. The average molecular weight is 513 g/mol. The Morgan fingerprint density at radius 3 is 2.47 bits per heavy atom. The summed E-state index contributed by atoms with van der Waals surface area (Å²) >= 11 is 0. The van der Waals surface area contributed by atoms with E-state index in [2.05, 4.69) is 20.9 Å². The van der Waals surface area contributed by atoms with E-state index >= 15 is 0 Å². The van der Waals surface area contributed by atoms with Crippen molar-refractivity contribution in [2.75, 3.05) is 6.61 Å². The largest absolute Gasteiger partial charge is 0.487 e. The van der Waals surface area contributed by atoms with Crippen LogP contribution < -0.4 is 20.5 Å². The summed E-state index contributed by atoms with van der Waals surface area (Å²) in [6, 6.07) is 11.8. The lowest BCUT2D eigenvalue weighted by atomic mass is 9.95. The smallest absolute Gasteiger partial charge is 0.338 e. The number of nitrogens with one attached hydrogen (secondary N) is 2. The van der Waals surface area contributed by atoms with Crippen LogP contribution in [0.5, 0.6) is 5.75 Å². The first-order valence-corrected chi connectivity index (χ1v) is 12.4. The van der Waals surface area contributed by atoms with Gasteiger partial charge < -0.3 is 20.1 Å². The van der Waals surface area contributed by atoms with Gasteiger partial charge in [-0.3, -0.25) is 0 Å². The molecular formula is C23H24N6O6S. The fraction of sp³-hybridized carbons (Fsp3) is 0.217. The second kappa shape index (κ2) is 10.2. The molecule has 0 saturated heterocycles. The highest BCUT2D eigenvalue weighted by Crippen LogP contribution is 2.29. The van der Waals surface area contributed by atoms with Crippen LogP contribution in [0.4, 0.5) is 4.79 Å². The molecule has 4 N–H and O–H groups in total. The molecule has 2 aromatic carbocycles. The Hall–Kier alpha value is -4.23. The van der Waals surface area contributed by atoms with Crippen molar-refractivity contribution in [3.63, 3.8) is 0 Å². The molecule has 0 aliphatic carbocycles. The Bertz CT molecular complexity index is 1410. The van der Waals surface area contributed by atoms with E-state index in [0.29, 0.717) is 34.0 Å². The number of hydrogen-bond acceptors (Lipinski definition) is 8. The molecule has 1 atom stereocenters. The van der Waals surface area contributed by atoms with Crippen LogP contribution in [-0.4, -0.2) is 42.0 Å². The SMILES string of the molecule is CCOC(=O)C1=C(C)NC(=O)NC1c1ccc(OCc2cn(-c3ccc(S(N)(=O)=O)cc3)nn2)cc1. The molecule has 0 spiro atoms. The van der Waals surface area contributed by atoms with Crippen molar-refractivity contribution >= 4 is 22.0 Å². The van der Waals surface area contributed by atoms with E-state index in [0.717, 1.165) is 0 Å². The highest BCUT2D eigenvalue weighted by Gasteiger charge is 2.32. The van der Waals surface area contributed by atoms with Gasteiger partial charge in [-0.15, -0.1) is 5.10 Å². The Morgan fingerprint density at radius 1 is 1.14 bits per heavy atom. The summed E-state index contributed by atoms with van der Waals surface area (Å²) in [6.45, 7) is 3.71.